The predicted molar refractivity (Wildman–Crippen MR) is 91.0 cm³/mol. The fraction of sp³-hybridized carbons (Fsp3) is 0.316. The SMILES string of the molecule is Cc1ccccc1OC[C@@H](C)NC(=O)c1ccc2c(c1)OCCO2. The highest BCUT2D eigenvalue weighted by Crippen LogP contribution is 2.30. The average Bonchev–Trinajstić information content (AvgIpc) is 2.60. The van der Waals surface area contributed by atoms with Gasteiger partial charge in [-0.05, 0) is 43.7 Å². The summed E-state index contributed by atoms with van der Waals surface area (Å²) < 4.78 is 16.7. The molecule has 2 aromatic carbocycles. The van der Waals surface area contributed by atoms with Crippen LogP contribution in [-0.4, -0.2) is 31.8 Å². The molecule has 0 spiro atoms. The molecule has 1 aliphatic heterocycles. The monoisotopic (exact) mass is 327 g/mol. The molecule has 2 aromatic rings. The zero-order valence-corrected chi connectivity index (χ0v) is 13.9. The molecule has 126 valence electrons. The number of ether oxygens (including phenoxy) is 3. The van der Waals surface area contributed by atoms with Gasteiger partial charge in [0.05, 0.1) is 6.04 Å². The molecule has 5 nitrogen and oxygen atoms in total. The highest BCUT2D eigenvalue weighted by molar-refractivity contribution is 5.95. The number of fused-ring (bicyclic) bond motifs is 1. The molecular formula is C19H21NO4. The van der Waals surface area contributed by atoms with Crippen LogP contribution in [-0.2, 0) is 0 Å². The Morgan fingerprint density at radius 2 is 1.92 bits per heavy atom. The summed E-state index contributed by atoms with van der Waals surface area (Å²) in [6, 6.07) is 12.9. The van der Waals surface area contributed by atoms with Gasteiger partial charge in [-0.25, -0.2) is 0 Å². The second kappa shape index (κ2) is 7.25. The smallest absolute Gasteiger partial charge is 0.251 e. The zero-order chi connectivity index (χ0) is 16.9. The second-order valence-corrected chi connectivity index (χ2v) is 5.81. The molecule has 0 aliphatic carbocycles. The van der Waals surface area contributed by atoms with Crippen LogP contribution in [0, 0.1) is 6.92 Å². The number of amides is 1. The Hall–Kier alpha value is -2.69. The maximum Gasteiger partial charge on any atom is 0.251 e. The van der Waals surface area contributed by atoms with Crippen LogP contribution in [0.3, 0.4) is 0 Å². The summed E-state index contributed by atoms with van der Waals surface area (Å²) in [7, 11) is 0. The third-order valence-corrected chi connectivity index (χ3v) is 3.76. The molecule has 0 saturated heterocycles. The van der Waals surface area contributed by atoms with E-state index in [4.69, 9.17) is 14.2 Å². The number of nitrogens with one attached hydrogen (secondary N) is 1. The van der Waals surface area contributed by atoms with E-state index in [9.17, 15) is 4.79 Å². The standard InChI is InChI=1S/C19H21NO4/c1-13-5-3-4-6-16(13)24-12-14(2)20-19(21)15-7-8-17-18(11-15)23-10-9-22-17/h3-8,11,14H,9-10,12H2,1-2H3,(H,20,21)/t14-/m1/s1. The van der Waals surface area contributed by atoms with Crippen molar-refractivity contribution in [3.63, 3.8) is 0 Å². The van der Waals surface area contributed by atoms with E-state index in [1.54, 1.807) is 18.2 Å². The molecule has 1 amide bonds. The first-order chi connectivity index (χ1) is 11.6. The third-order valence-electron chi connectivity index (χ3n) is 3.76. The third kappa shape index (κ3) is 3.79. The van der Waals surface area contributed by atoms with Gasteiger partial charge in [-0.15, -0.1) is 0 Å². The van der Waals surface area contributed by atoms with Crippen LogP contribution in [0.1, 0.15) is 22.8 Å². The molecule has 1 N–H and O–H groups in total. The van der Waals surface area contributed by atoms with Crippen molar-refractivity contribution >= 4 is 5.91 Å². The Bertz CT molecular complexity index is 729. The van der Waals surface area contributed by atoms with Crippen LogP contribution >= 0.6 is 0 Å². The summed E-state index contributed by atoms with van der Waals surface area (Å²) in [4.78, 5) is 12.4. The van der Waals surface area contributed by atoms with Gasteiger partial charge in [-0.1, -0.05) is 18.2 Å². The number of rotatable bonds is 5. The Kier molecular flexibility index (Phi) is 4.89. The lowest BCUT2D eigenvalue weighted by atomic mass is 10.1. The summed E-state index contributed by atoms with van der Waals surface area (Å²) in [6.07, 6.45) is 0. The van der Waals surface area contributed by atoms with Crippen LogP contribution in [0.25, 0.3) is 0 Å². The van der Waals surface area contributed by atoms with Crippen LogP contribution in [0.15, 0.2) is 42.5 Å². The summed E-state index contributed by atoms with van der Waals surface area (Å²) in [5, 5.41) is 2.93. The van der Waals surface area contributed by atoms with E-state index in [0.717, 1.165) is 11.3 Å². The average molecular weight is 327 g/mol. The molecule has 0 aromatic heterocycles. The maximum atomic E-state index is 12.4. The van der Waals surface area contributed by atoms with Crippen molar-refractivity contribution in [3.8, 4) is 17.2 Å². The fourth-order valence-electron chi connectivity index (χ4n) is 2.47. The highest BCUT2D eigenvalue weighted by Gasteiger charge is 2.16. The zero-order valence-electron chi connectivity index (χ0n) is 13.9. The number of hydrogen-bond acceptors (Lipinski definition) is 4. The number of carbonyl (C=O) groups is 1. The van der Waals surface area contributed by atoms with Gasteiger partial charge in [0.15, 0.2) is 11.5 Å². The van der Waals surface area contributed by atoms with E-state index < -0.39 is 0 Å². The summed E-state index contributed by atoms with van der Waals surface area (Å²) >= 11 is 0. The molecule has 0 bridgehead atoms. The van der Waals surface area contributed by atoms with Crippen molar-refractivity contribution in [1.82, 2.24) is 5.32 Å². The topological polar surface area (TPSA) is 56.8 Å². The van der Waals surface area contributed by atoms with Gasteiger partial charge < -0.3 is 19.5 Å². The Morgan fingerprint density at radius 1 is 1.17 bits per heavy atom. The fourth-order valence-corrected chi connectivity index (χ4v) is 2.47. The second-order valence-electron chi connectivity index (χ2n) is 5.81. The molecule has 1 aliphatic rings. The minimum atomic E-state index is -0.159. The summed E-state index contributed by atoms with van der Waals surface area (Å²) in [5.74, 6) is 1.96. The largest absolute Gasteiger partial charge is 0.491 e. The van der Waals surface area contributed by atoms with Crippen molar-refractivity contribution in [2.75, 3.05) is 19.8 Å². The van der Waals surface area contributed by atoms with E-state index in [1.165, 1.54) is 0 Å². The molecule has 0 unspecified atom stereocenters. The first kappa shape index (κ1) is 16.2. The lowest BCUT2D eigenvalue weighted by molar-refractivity contribution is 0.0925. The van der Waals surface area contributed by atoms with Crippen molar-refractivity contribution in [1.29, 1.82) is 0 Å². The van der Waals surface area contributed by atoms with Crippen molar-refractivity contribution < 1.29 is 19.0 Å². The first-order valence-corrected chi connectivity index (χ1v) is 8.02. The highest BCUT2D eigenvalue weighted by atomic mass is 16.6. The maximum absolute atomic E-state index is 12.4. The van der Waals surface area contributed by atoms with Gasteiger partial charge >= 0.3 is 0 Å². The minimum absolute atomic E-state index is 0.120. The molecule has 3 rings (SSSR count). The van der Waals surface area contributed by atoms with Crippen LogP contribution < -0.4 is 19.5 Å². The minimum Gasteiger partial charge on any atom is -0.491 e. The molecule has 5 heteroatoms. The summed E-state index contributed by atoms with van der Waals surface area (Å²) in [5.41, 5.74) is 1.62. The first-order valence-electron chi connectivity index (χ1n) is 8.02. The molecule has 1 heterocycles. The van der Waals surface area contributed by atoms with Gasteiger partial charge in [0.25, 0.3) is 5.91 Å². The Balaban J connectivity index is 1.57. The van der Waals surface area contributed by atoms with Gasteiger partial charge in [-0.2, -0.15) is 0 Å². The number of aryl methyl sites for hydroxylation is 1. The molecule has 0 radical (unpaired) electrons. The van der Waals surface area contributed by atoms with Gasteiger partial charge in [0.2, 0.25) is 0 Å². The quantitative estimate of drug-likeness (QED) is 0.917. The molecule has 0 saturated carbocycles. The van der Waals surface area contributed by atoms with E-state index >= 15 is 0 Å². The van der Waals surface area contributed by atoms with E-state index in [1.807, 2.05) is 38.1 Å². The van der Waals surface area contributed by atoms with Crippen LogP contribution in [0.5, 0.6) is 17.2 Å². The van der Waals surface area contributed by atoms with E-state index in [2.05, 4.69) is 5.32 Å². The van der Waals surface area contributed by atoms with E-state index in [-0.39, 0.29) is 11.9 Å². The predicted octanol–water partition coefficient (Wildman–Crippen LogP) is 2.96. The number of benzene rings is 2. The number of para-hydroxylation sites is 1. The molecule has 0 fully saturated rings. The number of hydrogen-bond donors (Lipinski definition) is 1. The van der Waals surface area contributed by atoms with Crippen molar-refractivity contribution in [3.05, 3.63) is 53.6 Å². The Labute approximate surface area is 141 Å². The van der Waals surface area contributed by atoms with Crippen LogP contribution in [0.4, 0.5) is 0 Å². The molecular weight excluding hydrogens is 306 g/mol. The normalized spacial score (nSPS) is 13.9. The number of carbonyl (C=O) groups excluding carboxylic acids is 1. The van der Waals surface area contributed by atoms with Gasteiger partial charge in [0, 0.05) is 5.56 Å². The summed E-state index contributed by atoms with van der Waals surface area (Å²) in [6.45, 7) is 5.34. The Morgan fingerprint density at radius 3 is 2.71 bits per heavy atom. The lowest BCUT2D eigenvalue weighted by Gasteiger charge is -2.19. The van der Waals surface area contributed by atoms with Crippen molar-refractivity contribution in [2.24, 2.45) is 0 Å². The lowest BCUT2D eigenvalue weighted by Crippen LogP contribution is -2.36. The van der Waals surface area contributed by atoms with Crippen molar-refractivity contribution in [2.45, 2.75) is 19.9 Å². The van der Waals surface area contributed by atoms with Gasteiger partial charge in [0.1, 0.15) is 25.6 Å². The van der Waals surface area contributed by atoms with E-state index in [0.29, 0.717) is 36.9 Å². The van der Waals surface area contributed by atoms with Crippen LogP contribution in [0.2, 0.25) is 0 Å². The molecule has 1 atom stereocenters. The molecule has 24 heavy (non-hydrogen) atoms. The van der Waals surface area contributed by atoms with Gasteiger partial charge in [-0.3, -0.25) is 4.79 Å².